The highest BCUT2D eigenvalue weighted by molar-refractivity contribution is 7.08. The number of aromatic nitrogens is 2. The summed E-state index contributed by atoms with van der Waals surface area (Å²) < 4.78 is 8.60. The number of hydrogen-bond donors (Lipinski definition) is 0. The summed E-state index contributed by atoms with van der Waals surface area (Å²) in [6.45, 7) is 4.51. The van der Waals surface area contributed by atoms with Crippen molar-refractivity contribution in [3.8, 4) is 0 Å². The molecule has 104 valence electrons. The fraction of sp³-hybridized carbons (Fsp3) is 0.667. The quantitative estimate of drug-likeness (QED) is 0.785. The zero-order chi connectivity index (χ0) is 14.0. The Hall–Kier alpha value is -1.50. The van der Waals surface area contributed by atoms with Crippen LogP contribution < -0.4 is 0 Å². The van der Waals surface area contributed by atoms with Gasteiger partial charge < -0.3 is 9.64 Å². The van der Waals surface area contributed by atoms with Crippen molar-refractivity contribution in [1.29, 1.82) is 0 Å². The van der Waals surface area contributed by atoms with E-state index < -0.39 is 6.04 Å². The van der Waals surface area contributed by atoms with Crippen LogP contribution in [0.15, 0.2) is 0 Å². The normalized spacial score (nSPS) is 18.9. The number of carbonyl (C=O) groups is 2. The molecule has 7 heteroatoms. The van der Waals surface area contributed by atoms with Gasteiger partial charge in [-0.1, -0.05) is 18.3 Å². The van der Waals surface area contributed by atoms with Crippen LogP contribution in [0.25, 0.3) is 0 Å². The number of nitrogens with zero attached hydrogens (tertiary/aromatic N) is 3. The van der Waals surface area contributed by atoms with Crippen LogP contribution in [0.5, 0.6) is 0 Å². The molecule has 1 aromatic heterocycles. The summed E-state index contributed by atoms with van der Waals surface area (Å²) in [6, 6.07) is -0.473. The van der Waals surface area contributed by atoms with E-state index in [1.807, 2.05) is 13.8 Å². The Balaban J connectivity index is 2.23. The minimum atomic E-state index is -0.473. The topological polar surface area (TPSA) is 72.4 Å². The van der Waals surface area contributed by atoms with Gasteiger partial charge in [0.1, 0.15) is 10.9 Å². The van der Waals surface area contributed by atoms with Crippen molar-refractivity contribution in [3.05, 3.63) is 10.6 Å². The van der Waals surface area contributed by atoms with E-state index in [1.54, 1.807) is 4.90 Å². The van der Waals surface area contributed by atoms with Gasteiger partial charge in [0.25, 0.3) is 5.91 Å². The first-order chi connectivity index (χ1) is 9.06. The Bertz CT molecular complexity index is 486. The standard InChI is InChI=1S/C12H17N3O3S/c1-7(2)9-10(19-14-13-9)11(16)15-6-4-5-8(15)12(17)18-3/h7-8H,4-6H2,1-3H3. The smallest absolute Gasteiger partial charge is 0.328 e. The van der Waals surface area contributed by atoms with E-state index in [0.717, 1.165) is 18.0 Å². The number of methoxy groups -OCH3 is 1. The molecule has 0 saturated carbocycles. The first-order valence-corrected chi connectivity index (χ1v) is 7.04. The molecule has 1 aliphatic rings. The summed E-state index contributed by atoms with van der Waals surface area (Å²) in [5.41, 5.74) is 0.700. The average molecular weight is 283 g/mol. The second-order valence-corrected chi connectivity index (χ2v) is 5.58. The van der Waals surface area contributed by atoms with E-state index in [-0.39, 0.29) is 17.8 Å². The molecule has 0 aliphatic carbocycles. The molecular formula is C12H17N3O3S. The maximum absolute atomic E-state index is 12.5. The number of likely N-dealkylation sites (tertiary alicyclic amines) is 1. The van der Waals surface area contributed by atoms with Crippen molar-refractivity contribution in [2.24, 2.45) is 0 Å². The van der Waals surface area contributed by atoms with Crippen molar-refractivity contribution in [3.63, 3.8) is 0 Å². The zero-order valence-electron chi connectivity index (χ0n) is 11.3. The number of amides is 1. The van der Waals surface area contributed by atoms with Gasteiger partial charge in [-0.25, -0.2) is 4.79 Å². The van der Waals surface area contributed by atoms with Crippen molar-refractivity contribution in [2.45, 2.75) is 38.6 Å². The lowest BCUT2D eigenvalue weighted by Gasteiger charge is -2.22. The molecule has 1 fully saturated rings. The van der Waals surface area contributed by atoms with Crippen LogP contribution in [-0.2, 0) is 9.53 Å². The highest BCUT2D eigenvalue weighted by Gasteiger charge is 2.37. The number of esters is 1. The van der Waals surface area contributed by atoms with E-state index in [9.17, 15) is 9.59 Å². The Kier molecular flexibility index (Phi) is 4.14. The molecule has 1 aromatic rings. The van der Waals surface area contributed by atoms with E-state index in [1.165, 1.54) is 7.11 Å². The fourth-order valence-electron chi connectivity index (χ4n) is 2.24. The van der Waals surface area contributed by atoms with E-state index in [4.69, 9.17) is 4.74 Å². The number of carbonyl (C=O) groups excluding carboxylic acids is 2. The van der Waals surface area contributed by atoms with E-state index in [2.05, 4.69) is 9.59 Å². The molecular weight excluding hydrogens is 266 g/mol. The molecule has 19 heavy (non-hydrogen) atoms. The fourth-order valence-corrected chi connectivity index (χ4v) is 3.02. The number of ether oxygens (including phenoxy) is 1. The van der Waals surface area contributed by atoms with E-state index in [0.29, 0.717) is 23.5 Å². The maximum atomic E-state index is 12.5. The maximum Gasteiger partial charge on any atom is 0.328 e. The van der Waals surface area contributed by atoms with Gasteiger partial charge in [0.2, 0.25) is 0 Å². The third-order valence-electron chi connectivity index (χ3n) is 3.24. The van der Waals surface area contributed by atoms with Crippen LogP contribution >= 0.6 is 11.5 Å². The van der Waals surface area contributed by atoms with Crippen LogP contribution in [0.2, 0.25) is 0 Å². The van der Waals surface area contributed by atoms with Gasteiger partial charge in [-0.15, -0.1) is 5.10 Å². The van der Waals surface area contributed by atoms with Crippen LogP contribution in [0.4, 0.5) is 0 Å². The zero-order valence-corrected chi connectivity index (χ0v) is 12.1. The summed E-state index contributed by atoms with van der Waals surface area (Å²) in [4.78, 5) is 26.3. The first-order valence-electron chi connectivity index (χ1n) is 6.27. The molecule has 1 saturated heterocycles. The van der Waals surface area contributed by atoms with Gasteiger partial charge in [0, 0.05) is 6.54 Å². The Morgan fingerprint density at radius 1 is 1.47 bits per heavy atom. The summed E-state index contributed by atoms with van der Waals surface area (Å²) in [5.74, 6) is -0.377. The van der Waals surface area contributed by atoms with Crippen molar-refractivity contribution >= 4 is 23.4 Å². The summed E-state index contributed by atoms with van der Waals surface area (Å²) in [6.07, 6.45) is 1.47. The molecule has 0 N–H and O–H groups in total. The third kappa shape index (κ3) is 2.60. The second-order valence-electron chi connectivity index (χ2n) is 4.82. The molecule has 2 heterocycles. The minimum absolute atomic E-state index is 0.136. The predicted molar refractivity (Wildman–Crippen MR) is 70.1 cm³/mol. The summed E-state index contributed by atoms with van der Waals surface area (Å²) in [7, 11) is 1.34. The van der Waals surface area contributed by atoms with Gasteiger partial charge in [0.05, 0.1) is 12.8 Å². The number of rotatable bonds is 3. The lowest BCUT2D eigenvalue weighted by Crippen LogP contribution is -2.41. The van der Waals surface area contributed by atoms with Crippen LogP contribution in [0, 0.1) is 0 Å². The van der Waals surface area contributed by atoms with Crippen LogP contribution in [0.3, 0.4) is 0 Å². The Morgan fingerprint density at radius 2 is 2.21 bits per heavy atom. The average Bonchev–Trinajstić information content (AvgIpc) is 3.05. The van der Waals surface area contributed by atoms with Gasteiger partial charge in [-0.05, 0) is 30.3 Å². The molecule has 2 rings (SSSR count). The van der Waals surface area contributed by atoms with Gasteiger partial charge in [0.15, 0.2) is 0 Å². The predicted octanol–water partition coefficient (Wildman–Crippen LogP) is 1.44. The van der Waals surface area contributed by atoms with E-state index >= 15 is 0 Å². The first kappa shape index (κ1) is 13.9. The molecule has 6 nitrogen and oxygen atoms in total. The van der Waals surface area contributed by atoms with Gasteiger partial charge in [-0.3, -0.25) is 4.79 Å². The monoisotopic (exact) mass is 283 g/mol. The highest BCUT2D eigenvalue weighted by Crippen LogP contribution is 2.26. The van der Waals surface area contributed by atoms with Crippen molar-refractivity contribution in [2.75, 3.05) is 13.7 Å². The summed E-state index contributed by atoms with van der Waals surface area (Å²) in [5, 5.41) is 4.00. The molecule has 1 aliphatic heterocycles. The summed E-state index contributed by atoms with van der Waals surface area (Å²) >= 11 is 1.09. The minimum Gasteiger partial charge on any atom is -0.467 e. The largest absolute Gasteiger partial charge is 0.467 e. The SMILES string of the molecule is COC(=O)C1CCCN1C(=O)c1snnc1C(C)C. The van der Waals surface area contributed by atoms with Gasteiger partial charge >= 0.3 is 5.97 Å². The van der Waals surface area contributed by atoms with Gasteiger partial charge in [-0.2, -0.15) is 0 Å². The Labute approximate surface area is 115 Å². The highest BCUT2D eigenvalue weighted by atomic mass is 32.1. The van der Waals surface area contributed by atoms with Crippen LogP contribution in [-0.4, -0.2) is 46.1 Å². The second kappa shape index (κ2) is 5.64. The van der Waals surface area contributed by atoms with Crippen molar-refractivity contribution < 1.29 is 14.3 Å². The van der Waals surface area contributed by atoms with Crippen molar-refractivity contribution in [1.82, 2.24) is 14.5 Å². The Morgan fingerprint density at radius 3 is 2.84 bits per heavy atom. The lowest BCUT2D eigenvalue weighted by molar-refractivity contribution is -0.145. The molecule has 1 atom stereocenters. The molecule has 0 radical (unpaired) electrons. The molecule has 0 spiro atoms. The molecule has 1 amide bonds. The molecule has 0 bridgehead atoms. The third-order valence-corrected chi connectivity index (χ3v) is 3.97. The molecule has 0 aromatic carbocycles. The van der Waals surface area contributed by atoms with Crippen LogP contribution in [0.1, 0.15) is 48.0 Å². The number of hydrogen-bond acceptors (Lipinski definition) is 6. The lowest BCUT2D eigenvalue weighted by atomic mass is 10.1. The molecule has 1 unspecified atom stereocenters.